The zero-order chi connectivity index (χ0) is 17.9. The van der Waals surface area contributed by atoms with Crippen molar-refractivity contribution >= 4 is 38.5 Å². The van der Waals surface area contributed by atoms with E-state index in [1.807, 2.05) is 53.8 Å². The molecule has 0 saturated heterocycles. The Kier molecular flexibility index (Phi) is 6.00. The third-order valence-electron chi connectivity index (χ3n) is 3.50. The van der Waals surface area contributed by atoms with E-state index in [-0.39, 0.29) is 10.8 Å². The number of hydrogen-bond acceptors (Lipinski definition) is 3. The van der Waals surface area contributed by atoms with Crippen LogP contribution in [0.15, 0.2) is 47.4 Å². The molecule has 2 aromatic rings. The van der Waals surface area contributed by atoms with Crippen LogP contribution >= 0.6 is 22.6 Å². The van der Waals surface area contributed by atoms with Gasteiger partial charge in [-0.25, -0.2) is 12.7 Å². The van der Waals surface area contributed by atoms with Gasteiger partial charge in [0.1, 0.15) is 0 Å². The van der Waals surface area contributed by atoms with E-state index in [0.717, 1.165) is 15.4 Å². The van der Waals surface area contributed by atoms with Crippen LogP contribution in [0.3, 0.4) is 0 Å². The highest BCUT2D eigenvalue weighted by atomic mass is 127. The molecular formula is C17H19IN2O3S. The van der Waals surface area contributed by atoms with Crippen LogP contribution in [0.5, 0.6) is 0 Å². The molecule has 128 valence electrons. The second-order valence-electron chi connectivity index (χ2n) is 5.60. The van der Waals surface area contributed by atoms with E-state index in [2.05, 4.69) is 5.32 Å². The van der Waals surface area contributed by atoms with E-state index in [0.29, 0.717) is 15.7 Å². The van der Waals surface area contributed by atoms with Crippen molar-refractivity contribution in [2.24, 2.45) is 0 Å². The predicted molar refractivity (Wildman–Crippen MR) is 102 cm³/mol. The first kappa shape index (κ1) is 18.9. The molecule has 0 radical (unpaired) electrons. The van der Waals surface area contributed by atoms with Crippen LogP contribution in [0, 0.1) is 10.5 Å². The van der Waals surface area contributed by atoms with Gasteiger partial charge in [-0.2, -0.15) is 0 Å². The summed E-state index contributed by atoms with van der Waals surface area (Å²) in [6.07, 6.45) is 0. The summed E-state index contributed by atoms with van der Waals surface area (Å²) in [6.45, 7) is 2.38. The summed E-state index contributed by atoms with van der Waals surface area (Å²) in [5, 5.41) is 2.84. The lowest BCUT2D eigenvalue weighted by molar-refractivity contribution is 0.0950. The van der Waals surface area contributed by atoms with E-state index in [9.17, 15) is 13.2 Å². The number of benzene rings is 2. The van der Waals surface area contributed by atoms with Crippen molar-refractivity contribution in [3.63, 3.8) is 0 Å². The van der Waals surface area contributed by atoms with Gasteiger partial charge < -0.3 is 5.32 Å². The Morgan fingerprint density at radius 3 is 2.50 bits per heavy atom. The minimum absolute atomic E-state index is 0.105. The first-order valence-electron chi connectivity index (χ1n) is 7.27. The van der Waals surface area contributed by atoms with Gasteiger partial charge in [0, 0.05) is 24.2 Å². The van der Waals surface area contributed by atoms with Crippen molar-refractivity contribution < 1.29 is 13.2 Å². The molecule has 0 aliphatic rings. The molecule has 0 bridgehead atoms. The molecule has 2 rings (SSSR count). The van der Waals surface area contributed by atoms with Crippen molar-refractivity contribution in [2.45, 2.75) is 18.4 Å². The summed E-state index contributed by atoms with van der Waals surface area (Å²) in [5.41, 5.74) is 2.47. The van der Waals surface area contributed by atoms with Crippen molar-refractivity contribution in [1.82, 2.24) is 9.62 Å². The van der Waals surface area contributed by atoms with Crippen molar-refractivity contribution in [2.75, 3.05) is 14.1 Å². The van der Waals surface area contributed by atoms with E-state index in [1.165, 1.54) is 26.2 Å². The Hall–Kier alpha value is -1.45. The standard InChI is InChI=1S/C17H19IN2O3S/c1-12-5-4-6-13(9-12)11-19-17(21)15-10-14(7-8-16(15)18)24(22,23)20(2)3/h4-10H,11H2,1-3H3,(H,19,21). The van der Waals surface area contributed by atoms with Crippen LogP contribution < -0.4 is 5.32 Å². The minimum atomic E-state index is -3.57. The van der Waals surface area contributed by atoms with Gasteiger partial charge in [-0.3, -0.25) is 4.79 Å². The maximum absolute atomic E-state index is 12.4. The summed E-state index contributed by atoms with van der Waals surface area (Å²) in [5.74, 6) is -0.295. The molecule has 24 heavy (non-hydrogen) atoms. The highest BCUT2D eigenvalue weighted by Crippen LogP contribution is 2.20. The number of nitrogens with one attached hydrogen (secondary N) is 1. The maximum atomic E-state index is 12.4. The molecule has 0 fully saturated rings. The smallest absolute Gasteiger partial charge is 0.252 e. The van der Waals surface area contributed by atoms with Gasteiger partial charge in [0.05, 0.1) is 10.5 Å². The largest absolute Gasteiger partial charge is 0.348 e. The molecule has 0 atom stereocenters. The molecule has 0 aliphatic carbocycles. The second-order valence-corrected chi connectivity index (χ2v) is 8.91. The van der Waals surface area contributed by atoms with Gasteiger partial charge in [0.2, 0.25) is 10.0 Å². The molecule has 1 amide bonds. The Labute approximate surface area is 156 Å². The number of carbonyl (C=O) groups is 1. The average Bonchev–Trinajstić information content (AvgIpc) is 2.52. The summed E-state index contributed by atoms with van der Waals surface area (Å²) in [4.78, 5) is 12.6. The Morgan fingerprint density at radius 1 is 1.17 bits per heavy atom. The molecule has 2 aromatic carbocycles. The Balaban J connectivity index is 2.23. The summed E-state index contributed by atoms with van der Waals surface area (Å²) >= 11 is 2.03. The summed E-state index contributed by atoms with van der Waals surface area (Å²) < 4.78 is 26.3. The van der Waals surface area contributed by atoms with E-state index in [4.69, 9.17) is 0 Å². The molecule has 7 heteroatoms. The molecule has 1 N–H and O–H groups in total. The van der Waals surface area contributed by atoms with Crippen LogP contribution in [0.2, 0.25) is 0 Å². The number of halogens is 1. The molecule has 0 aliphatic heterocycles. The lowest BCUT2D eigenvalue weighted by atomic mass is 10.1. The second kappa shape index (κ2) is 7.62. The number of sulfonamides is 1. The molecular weight excluding hydrogens is 439 g/mol. The van der Waals surface area contributed by atoms with Gasteiger partial charge in [0.25, 0.3) is 5.91 Å². The highest BCUT2D eigenvalue weighted by Gasteiger charge is 2.20. The summed E-state index contributed by atoms with van der Waals surface area (Å²) in [6, 6.07) is 12.4. The number of nitrogens with zero attached hydrogens (tertiary/aromatic N) is 1. The first-order valence-corrected chi connectivity index (χ1v) is 9.79. The fourth-order valence-electron chi connectivity index (χ4n) is 2.15. The zero-order valence-electron chi connectivity index (χ0n) is 13.7. The molecule has 0 saturated carbocycles. The fourth-order valence-corrected chi connectivity index (χ4v) is 3.66. The third kappa shape index (κ3) is 4.34. The first-order chi connectivity index (χ1) is 11.2. The van der Waals surface area contributed by atoms with Gasteiger partial charge in [-0.15, -0.1) is 0 Å². The number of amides is 1. The molecule has 0 spiro atoms. The summed E-state index contributed by atoms with van der Waals surface area (Å²) in [7, 11) is -0.646. The van der Waals surface area contributed by atoms with Crippen molar-refractivity contribution in [3.05, 3.63) is 62.7 Å². The predicted octanol–water partition coefficient (Wildman–Crippen LogP) is 2.78. The van der Waals surface area contributed by atoms with E-state index < -0.39 is 10.0 Å². The van der Waals surface area contributed by atoms with Crippen LogP contribution in [-0.2, 0) is 16.6 Å². The molecule has 0 aromatic heterocycles. The minimum Gasteiger partial charge on any atom is -0.348 e. The van der Waals surface area contributed by atoms with Gasteiger partial charge in [-0.1, -0.05) is 29.8 Å². The Morgan fingerprint density at radius 2 is 1.88 bits per heavy atom. The number of hydrogen-bond donors (Lipinski definition) is 1. The number of carbonyl (C=O) groups excluding carboxylic acids is 1. The maximum Gasteiger partial charge on any atom is 0.252 e. The van der Waals surface area contributed by atoms with Crippen LogP contribution in [-0.4, -0.2) is 32.7 Å². The van der Waals surface area contributed by atoms with Gasteiger partial charge in [-0.05, 0) is 53.3 Å². The normalized spacial score (nSPS) is 11.5. The van der Waals surface area contributed by atoms with E-state index >= 15 is 0 Å². The van der Waals surface area contributed by atoms with E-state index in [1.54, 1.807) is 6.07 Å². The van der Waals surface area contributed by atoms with Crippen LogP contribution in [0.4, 0.5) is 0 Å². The van der Waals surface area contributed by atoms with Gasteiger partial charge >= 0.3 is 0 Å². The highest BCUT2D eigenvalue weighted by molar-refractivity contribution is 14.1. The average molecular weight is 458 g/mol. The molecule has 5 nitrogen and oxygen atoms in total. The number of aryl methyl sites for hydroxylation is 1. The third-order valence-corrected chi connectivity index (χ3v) is 6.25. The zero-order valence-corrected chi connectivity index (χ0v) is 16.7. The van der Waals surface area contributed by atoms with Gasteiger partial charge in [0.15, 0.2) is 0 Å². The molecule has 0 unspecified atom stereocenters. The monoisotopic (exact) mass is 458 g/mol. The Bertz CT molecular complexity index is 864. The van der Waals surface area contributed by atoms with Crippen LogP contribution in [0.25, 0.3) is 0 Å². The number of rotatable bonds is 5. The topological polar surface area (TPSA) is 66.5 Å². The quantitative estimate of drug-likeness (QED) is 0.701. The fraction of sp³-hybridized carbons (Fsp3) is 0.235. The lowest BCUT2D eigenvalue weighted by Gasteiger charge is -2.13. The lowest BCUT2D eigenvalue weighted by Crippen LogP contribution is -2.25. The van der Waals surface area contributed by atoms with Crippen molar-refractivity contribution in [3.8, 4) is 0 Å². The van der Waals surface area contributed by atoms with Crippen LogP contribution in [0.1, 0.15) is 21.5 Å². The SMILES string of the molecule is Cc1cccc(CNC(=O)c2cc(S(=O)(=O)N(C)C)ccc2I)c1. The van der Waals surface area contributed by atoms with Crippen molar-refractivity contribution in [1.29, 1.82) is 0 Å². The molecule has 0 heterocycles.